The van der Waals surface area contributed by atoms with Crippen LogP contribution < -0.4 is 5.32 Å². The van der Waals surface area contributed by atoms with Crippen LogP contribution in [0.2, 0.25) is 5.02 Å². The van der Waals surface area contributed by atoms with Crippen LogP contribution in [0.5, 0.6) is 0 Å². The lowest BCUT2D eigenvalue weighted by molar-refractivity contribution is 0.726. The van der Waals surface area contributed by atoms with Crippen molar-refractivity contribution in [3.8, 4) is 0 Å². The summed E-state index contributed by atoms with van der Waals surface area (Å²) in [6.45, 7) is 3.91. The molecule has 0 unspecified atom stereocenters. The number of aromatic nitrogens is 2. The molecule has 0 atom stereocenters. The molecule has 1 heterocycles. The zero-order chi connectivity index (χ0) is 13.0. The molecule has 1 aromatic heterocycles. The molecule has 1 aromatic carbocycles. The number of nitrogens with zero attached hydrogens (tertiary/aromatic N) is 2. The molecule has 2 rings (SSSR count). The molecule has 0 aliphatic carbocycles. The summed E-state index contributed by atoms with van der Waals surface area (Å²) < 4.78 is 1.79. The summed E-state index contributed by atoms with van der Waals surface area (Å²) in [4.78, 5) is 2.16. The van der Waals surface area contributed by atoms with Gasteiger partial charge >= 0.3 is 0 Å². The Morgan fingerprint density at radius 2 is 2.28 bits per heavy atom. The van der Waals surface area contributed by atoms with Gasteiger partial charge in [0.1, 0.15) is 0 Å². The van der Waals surface area contributed by atoms with Gasteiger partial charge in [0, 0.05) is 24.7 Å². The van der Waals surface area contributed by atoms with Crippen LogP contribution in [0, 0.1) is 0 Å². The Bertz CT molecular complexity index is 525. The van der Waals surface area contributed by atoms with E-state index in [1.807, 2.05) is 25.5 Å². The highest BCUT2D eigenvalue weighted by Gasteiger charge is 2.05. The molecular weight excluding hydrogens is 266 g/mol. The predicted molar refractivity (Wildman–Crippen MR) is 76.2 cm³/mol. The van der Waals surface area contributed by atoms with Gasteiger partial charge in [-0.15, -0.1) is 0 Å². The maximum Gasteiger partial charge on any atom is 0.0629 e. The van der Waals surface area contributed by atoms with Gasteiger partial charge in [-0.25, -0.2) is 0 Å². The molecule has 0 aliphatic heterocycles. The number of rotatable bonds is 5. The molecule has 18 heavy (non-hydrogen) atoms. The van der Waals surface area contributed by atoms with Gasteiger partial charge in [-0.05, 0) is 24.2 Å². The summed E-state index contributed by atoms with van der Waals surface area (Å²) in [6, 6.07) is 6.18. The molecule has 3 nitrogen and oxygen atoms in total. The molecular formula is C13H16ClN3S. The standard InChI is InChI=1S/C13H16ClN3S/c1-3-15-7-10-4-5-13(12(14)6-10)18-11-8-16-17(2)9-11/h4-6,8-9,15H,3,7H2,1-2H3. The largest absolute Gasteiger partial charge is 0.313 e. The van der Waals surface area contributed by atoms with Crippen LogP contribution in [0.15, 0.2) is 40.4 Å². The highest BCUT2D eigenvalue weighted by Crippen LogP contribution is 2.33. The summed E-state index contributed by atoms with van der Waals surface area (Å²) in [7, 11) is 1.91. The summed E-state index contributed by atoms with van der Waals surface area (Å²) in [5.41, 5.74) is 1.21. The number of aryl methyl sites for hydroxylation is 1. The van der Waals surface area contributed by atoms with E-state index in [1.54, 1.807) is 16.4 Å². The van der Waals surface area contributed by atoms with Crippen LogP contribution in [0.4, 0.5) is 0 Å². The van der Waals surface area contributed by atoms with Crippen molar-refractivity contribution in [3.05, 3.63) is 41.2 Å². The lowest BCUT2D eigenvalue weighted by atomic mass is 10.2. The minimum Gasteiger partial charge on any atom is -0.313 e. The van der Waals surface area contributed by atoms with Crippen molar-refractivity contribution < 1.29 is 0 Å². The van der Waals surface area contributed by atoms with E-state index in [-0.39, 0.29) is 0 Å². The van der Waals surface area contributed by atoms with Crippen LogP contribution in [0.1, 0.15) is 12.5 Å². The fourth-order valence-electron chi connectivity index (χ4n) is 1.58. The molecule has 0 fully saturated rings. The monoisotopic (exact) mass is 281 g/mol. The average molecular weight is 282 g/mol. The van der Waals surface area contributed by atoms with Crippen LogP contribution in [0.25, 0.3) is 0 Å². The van der Waals surface area contributed by atoms with Gasteiger partial charge in [0.05, 0.1) is 16.1 Å². The first-order chi connectivity index (χ1) is 8.69. The minimum atomic E-state index is 0.791. The van der Waals surface area contributed by atoms with E-state index in [2.05, 4.69) is 29.5 Å². The van der Waals surface area contributed by atoms with E-state index in [4.69, 9.17) is 11.6 Å². The van der Waals surface area contributed by atoms with E-state index < -0.39 is 0 Å². The van der Waals surface area contributed by atoms with E-state index in [1.165, 1.54) is 5.56 Å². The van der Waals surface area contributed by atoms with Gasteiger partial charge in [0.15, 0.2) is 0 Å². The van der Waals surface area contributed by atoms with E-state index in [9.17, 15) is 0 Å². The first-order valence-corrected chi connectivity index (χ1v) is 7.04. The van der Waals surface area contributed by atoms with Crippen LogP contribution in [-0.2, 0) is 13.6 Å². The molecule has 0 bridgehead atoms. The Labute approximate surface area is 117 Å². The third-order valence-corrected chi connectivity index (χ3v) is 3.93. The maximum atomic E-state index is 6.29. The smallest absolute Gasteiger partial charge is 0.0629 e. The molecule has 5 heteroatoms. The molecule has 0 spiro atoms. The number of hydrogen-bond donors (Lipinski definition) is 1. The van der Waals surface area contributed by atoms with Gasteiger partial charge in [0.25, 0.3) is 0 Å². The lowest BCUT2D eigenvalue weighted by Gasteiger charge is -2.06. The average Bonchev–Trinajstić information content (AvgIpc) is 2.75. The second-order valence-corrected chi connectivity index (χ2v) is 5.52. The van der Waals surface area contributed by atoms with Crippen molar-refractivity contribution in [1.29, 1.82) is 0 Å². The molecule has 96 valence electrons. The molecule has 0 radical (unpaired) electrons. The van der Waals surface area contributed by atoms with Crippen LogP contribution in [-0.4, -0.2) is 16.3 Å². The Kier molecular flexibility index (Phi) is 4.69. The number of benzene rings is 1. The van der Waals surface area contributed by atoms with Crippen LogP contribution in [0.3, 0.4) is 0 Å². The Morgan fingerprint density at radius 1 is 1.44 bits per heavy atom. The quantitative estimate of drug-likeness (QED) is 0.912. The zero-order valence-electron chi connectivity index (χ0n) is 10.5. The second kappa shape index (κ2) is 6.27. The number of hydrogen-bond acceptors (Lipinski definition) is 3. The van der Waals surface area contributed by atoms with Crippen molar-refractivity contribution in [2.24, 2.45) is 7.05 Å². The number of nitrogens with one attached hydrogen (secondary N) is 1. The first-order valence-electron chi connectivity index (χ1n) is 5.84. The fourth-order valence-corrected chi connectivity index (χ4v) is 2.76. The van der Waals surface area contributed by atoms with Gasteiger partial charge in [-0.1, -0.05) is 36.4 Å². The van der Waals surface area contributed by atoms with Gasteiger partial charge < -0.3 is 5.32 Å². The van der Waals surface area contributed by atoms with Crippen molar-refractivity contribution in [2.45, 2.75) is 23.3 Å². The maximum absolute atomic E-state index is 6.29. The number of halogens is 1. The zero-order valence-corrected chi connectivity index (χ0v) is 12.1. The summed E-state index contributed by atoms with van der Waals surface area (Å²) in [5.74, 6) is 0. The normalized spacial score (nSPS) is 10.8. The van der Waals surface area contributed by atoms with Gasteiger partial charge in [-0.2, -0.15) is 5.10 Å². The van der Waals surface area contributed by atoms with E-state index in [0.29, 0.717) is 0 Å². The lowest BCUT2D eigenvalue weighted by Crippen LogP contribution is -2.11. The minimum absolute atomic E-state index is 0.791. The molecule has 0 saturated carbocycles. The third-order valence-electron chi connectivity index (χ3n) is 2.48. The van der Waals surface area contributed by atoms with Crippen LogP contribution >= 0.6 is 23.4 Å². The van der Waals surface area contributed by atoms with Crippen molar-refractivity contribution >= 4 is 23.4 Å². The highest BCUT2D eigenvalue weighted by atomic mass is 35.5. The Balaban J connectivity index is 2.09. The second-order valence-electron chi connectivity index (χ2n) is 4.00. The summed E-state index contributed by atoms with van der Waals surface area (Å²) >= 11 is 7.92. The molecule has 0 saturated heterocycles. The summed E-state index contributed by atoms with van der Waals surface area (Å²) in [5, 5.41) is 8.22. The van der Waals surface area contributed by atoms with E-state index >= 15 is 0 Å². The van der Waals surface area contributed by atoms with Gasteiger partial charge in [0.2, 0.25) is 0 Å². The Morgan fingerprint density at radius 3 is 2.89 bits per heavy atom. The van der Waals surface area contributed by atoms with Crippen molar-refractivity contribution in [1.82, 2.24) is 15.1 Å². The third kappa shape index (κ3) is 3.51. The molecule has 1 N–H and O–H groups in total. The van der Waals surface area contributed by atoms with E-state index in [0.717, 1.165) is 27.9 Å². The van der Waals surface area contributed by atoms with Crippen molar-refractivity contribution in [2.75, 3.05) is 6.54 Å². The fraction of sp³-hybridized carbons (Fsp3) is 0.308. The topological polar surface area (TPSA) is 29.9 Å². The van der Waals surface area contributed by atoms with Gasteiger partial charge in [-0.3, -0.25) is 4.68 Å². The summed E-state index contributed by atoms with van der Waals surface area (Å²) in [6.07, 6.45) is 3.82. The first kappa shape index (κ1) is 13.5. The Hall–Kier alpha value is -0.970. The molecule has 2 aromatic rings. The van der Waals surface area contributed by atoms with Crippen molar-refractivity contribution in [3.63, 3.8) is 0 Å². The highest BCUT2D eigenvalue weighted by molar-refractivity contribution is 7.99. The predicted octanol–water partition coefficient (Wildman–Crippen LogP) is 3.33. The molecule has 0 amide bonds. The molecule has 0 aliphatic rings. The SMILES string of the molecule is CCNCc1ccc(Sc2cnn(C)c2)c(Cl)c1.